The van der Waals surface area contributed by atoms with Gasteiger partial charge < -0.3 is 4.90 Å². The fraction of sp³-hybridized carbons (Fsp3) is 0.455. The predicted octanol–water partition coefficient (Wildman–Crippen LogP) is 3.41. The van der Waals surface area contributed by atoms with E-state index < -0.39 is 0 Å². The fourth-order valence-corrected chi connectivity index (χ4v) is 1.62. The standard InChI is InChI=1S/C11H15ClFN/c1-3-14(4-2)11-6-5-9(8-12)7-10(11)13/h5-7H,3-4,8H2,1-2H3. The minimum absolute atomic E-state index is 0.188. The molecule has 0 saturated carbocycles. The minimum atomic E-state index is -0.188. The number of hydrogen-bond acceptors (Lipinski definition) is 1. The van der Waals surface area contributed by atoms with E-state index in [-0.39, 0.29) is 5.82 Å². The Morgan fingerprint density at radius 3 is 2.36 bits per heavy atom. The van der Waals surface area contributed by atoms with Crippen molar-refractivity contribution in [1.29, 1.82) is 0 Å². The Morgan fingerprint density at radius 2 is 1.93 bits per heavy atom. The number of alkyl halides is 1. The zero-order valence-corrected chi connectivity index (χ0v) is 9.31. The average molecular weight is 216 g/mol. The zero-order chi connectivity index (χ0) is 10.6. The van der Waals surface area contributed by atoms with Gasteiger partial charge in [-0.1, -0.05) is 6.07 Å². The third-order valence-corrected chi connectivity index (χ3v) is 2.58. The second-order valence-electron chi connectivity index (χ2n) is 3.09. The van der Waals surface area contributed by atoms with Crippen LogP contribution in [0.1, 0.15) is 19.4 Å². The first-order valence-electron chi connectivity index (χ1n) is 4.82. The second-order valence-corrected chi connectivity index (χ2v) is 3.36. The highest BCUT2D eigenvalue weighted by Crippen LogP contribution is 2.20. The van der Waals surface area contributed by atoms with Crippen LogP contribution < -0.4 is 4.90 Å². The quantitative estimate of drug-likeness (QED) is 0.696. The molecule has 0 fully saturated rings. The molecule has 0 aliphatic rings. The maximum Gasteiger partial charge on any atom is 0.146 e. The number of anilines is 1. The summed E-state index contributed by atoms with van der Waals surface area (Å²) in [5, 5.41) is 0. The van der Waals surface area contributed by atoms with Gasteiger partial charge in [-0.05, 0) is 31.5 Å². The molecule has 0 aliphatic heterocycles. The molecule has 0 aromatic heterocycles. The molecule has 0 amide bonds. The summed E-state index contributed by atoms with van der Waals surface area (Å²) >= 11 is 5.62. The number of nitrogens with zero attached hydrogens (tertiary/aromatic N) is 1. The summed E-state index contributed by atoms with van der Waals surface area (Å²) in [6.07, 6.45) is 0. The topological polar surface area (TPSA) is 3.24 Å². The molecule has 0 saturated heterocycles. The van der Waals surface area contributed by atoms with Gasteiger partial charge in [0.1, 0.15) is 5.82 Å². The molecule has 3 heteroatoms. The van der Waals surface area contributed by atoms with Gasteiger partial charge >= 0.3 is 0 Å². The SMILES string of the molecule is CCN(CC)c1ccc(CCl)cc1F. The first-order chi connectivity index (χ1) is 6.72. The summed E-state index contributed by atoms with van der Waals surface area (Å²) in [5.41, 5.74) is 1.48. The minimum Gasteiger partial charge on any atom is -0.370 e. The molecule has 0 spiro atoms. The number of benzene rings is 1. The summed E-state index contributed by atoms with van der Waals surface area (Å²) in [4.78, 5) is 1.98. The van der Waals surface area contributed by atoms with Crippen LogP contribution in [-0.2, 0) is 5.88 Å². The molecule has 0 radical (unpaired) electrons. The van der Waals surface area contributed by atoms with Crippen molar-refractivity contribution in [2.75, 3.05) is 18.0 Å². The van der Waals surface area contributed by atoms with E-state index in [1.54, 1.807) is 6.07 Å². The number of rotatable bonds is 4. The maximum atomic E-state index is 13.6. The van der Waals surface area contributed by atoms with E-state index in [9.17, 15) is 4.39 Å². The molecule has 1 aromatic rings. The van der Waals surface area contributed by atoms with Crippen molar-refractivity contribution in [1.82, 2.24) is 0 Å². The molecule has 0 N–H and O–H groups in total. The average Bonchev–Trinajstić information content (AvgIpc) is 2.22. The molecule has 0 aliphatic carbocycles. The molecule has 0 unspecified atom stereocenters. The highest BCUT2D eigenvalue weighted by atomic mass is 35.5. The van der Waals surface area contributed by atoms with Crippen molar-refractivity contribution in [2.45, 2.75) is 19.7 Å². The monoisotopic (exact) mass is 215 g/mol. The van der Waals surface area contributed by atoms with Crippen LogP contribution in [0.2, 0.25) is 0 Å². The Bertz CT molecular complexity index is 297. The molecule has 1 aromatic carbocycles. The van der Waals surface area contributed by atoms with Crippen molar-refractivity contribution in [2.24, 2.45) is 0 Å². The van der Waals surface area contributed by atoms with E-state index in [2.05, 4.69) is 0 Å². The largest absolute Gasteiger partial charge is 0.370 e. The van der Waals surface area contributed by atoms with Crippen LogP contribution >= 0.6 is 11.6 Å². The van der Waals surface area contributed by atoms with Crippen molar-refractivity contribution >= 4 is 17.3 Å². The van der Waals surface area contributed by atoms with Gasteiger partial charge in [0.15, 0.2) is 0 Å². The third kappa shape index (κ3) is 2.38. The summed E-state index contributed by atoms with van der Waals surface area (Å²) in [7, 11) is 0. The van der Waals surface area contributed by atoms with Crippen LogP contribution in [0.3, 0.4) is 0 Å². The van der Waals surface area contributed by atoms with E-state index in [0.717, 1.165) is 18.7 Å². The lowest BCUT2D eigenvalue weighted by Gasteiger charge is -2.21. The molecule has 78 valence electrons. The van der Waals surface area contributed by atoms with Gasteiger partial charge in [-0.3, -0.25) is 0 Å². The predicted molar refractivity (Wildman–Crippen MR) is 59.5 cm³/mol. The van der Waals surface area contributed by atoms with Crippen LogP contribution in [0, 0.1) is 5.82 Å². The lowest BCUT2D eigenvalue weighted by Crippen LogP contribution is -2.22. The van der Waals surface area contributed by atoms with Crippen molar-refractivity contribution in [3.8, 4) is 0 Å². The van der Waals surface area contributed by atoms with Gasteiger partial charge in [0.25, 0.3) is 0 Å². The van der Waals surface area contributed by atoms with Gasteiger partial charge in [-0.15, -0.1) is 11.6 Å². The van der Waals surface area contributed by atoms with Crippen LogP contribution in [0.4, 0.5) is 10.1 Å². The number of halogens is 2. The van der Waals surface area contributed by atoms with E-state index in [1.165, 1.54) is 6.07 Å². The normalized spacial score (nSPS) is 10.3. The molecule has 0 atom stereocenters. The third-order valence-electron chi connectivity index (χ3n) is 2.27. The Morgan fingerprint density at radius 1 is 1.29 bits per heavy atom. The maximum absolute atomic E-state index is 13.6. The van der Waals surface area contributed by atoms with E-state index in [4.69, 9.17) is 11.6 Å². The van der Waals surface area contributed by atoms with Crippen LogP contribution in [-0.4, -0.2) is 13.1 Å². The summed E-state index contributed by atoms with van der Waals surface area (Å²) < 4.78 is 13.6. The van der Waals surface area contributed by atoms with E-state index >= 15 is 0 Å². The van der Waals surface area contributed by atoms with Crippen LogP contribution in [0.15, 0.2) is 18.2 Å². The lowest BCUT2D eigenvalue weighted by atomic mass is 10.2. The highest BCUT2D eigenvalue weighted by molar-refractivity contribution is 6.17. The van der Waals surface area contributed by atoms with Crippen LogP contribution in [0.5, 0.6) is 0 Å². The smallest absolute Gasteiger partial charge is 0.146 e. The van der Waals surface area contributed by atoms with Crippen LogP contribution in [0.25, 0.3) is 0 Å². The molecule has 1 rings (SSSR count). The van der Waals surface area contributed by atoms with Crippen molar-refractivity contribution < 1.29 is 4.39 Å². The molecule has 14 heavy (non-hydrogen) atoms. The fourth-order valence-electron chi connectivity index (χ4n) is 1.45. The van der Waals surface area contributed by atoms with Crippen molar-refractivity contribution in [3.05, 3.63) is 29.6 Å². The Labute approximate surface area is 89.5 Å². The second kappa shape index (κ2) is 5.20. The molecular formula is C11H15ClFN. The Kier molecular flexibility index (Phi) is 4.21. The van der Waals surface area contributed by atoms with Crippen molar-refractivity contribution in [3.63, 3.8) is 0 Å². The number of hydrogen-bond donors (Lipinski definition) is 0. The first kappa shape index (κ1) is 11.3. The molecular weight excluding hydrogens is 201 g/mol. The molecule has 0 heterocycles. The highest BCUT2D eigenvalue weighted by Gasteiger charge is 2.08. The first-order valence-corrected chi connectivity index (χ1v) is 5.35. The summed E-state index contributed by atoms with van der Waals surface area (Å²) in [5.74, 6) is 0.168. The van der Waals surface area contributed by atoms with Gasteiger partial charge in [-0.25, -0.2) is 4.39 Å². The zero-order valence-electron chi connectivity index (χ0n) is 8.56. The summed E-state index contributed by atoms with van der Waals surface area (Å²) in [6.45, 7) is 5.65. The van der Waals surface area contributed by atoms with E-state index in [0.29, 0.717) is 11.6 Å². The lowest BCUT2D eigenvalue weighted by molar-refractivity contribution is 0.618. The Balaban J connectivity index is 2.98. The van der Waals surface area contributed by atoms with Gasteiger partial charge in [0.05, 0.1) is 5.69 Å². The van der Waals surface area contributed by atoms with E-state index in [1.807, 2.05) is 24.8 Å². The van der Waals surface area contributed by atoms with Gasteiger partial charge in [0, 0.05) is 19.0 Å². The van der Waals surface area contributed by atoms with Gasteiger partial charge in [-0.2, -0.15) is 0 Å². The molecule has 1 nitrogen and oxygen atoms in total. The van der Waals surface area contributed by atoms with Gasteiger partial charge in [0.2, 0.25) is 0 Å². The molecule has 0 bridgehead atoms. The Hall–Kier alpha value is -0.760. The summed E-state index contributed by atoms with van der Waals surface area (Å²) in [6, 6.07) is 5.16.